The van der Waals surface area contributed by atoms with E-state index in [0.29, 0.717) is 48.9 Å². The second kappa shape index (κ2) is 6.84. The van der Waals surface area contributed by atoms with Gasteiger partial charge in [0.2, 0.25) is 0 Å². The summed E-state index contributed by atoms with van der Waals surface area (Å²) in [7, 11) is -1.92. The predicted octanol–water partition coefficient (Wildman–Crippen LogP) is 0.870. The van der Waals surface area contributed by atoms with E-state index in [1.807, 2.05) is 0 Å². The third kappa shape index (κ3) is 3.26. The zero-order valence-electron chi connectivity index (χ0n) is 15.4. The number of hydrogen-bond acceptors (Lipinski definition) is 6. The van der Waals surface area contributed by atoms with Crippen LogP contribution in [0, 0.1) is 20.8 Å². The standard InChI is InChI=1S/C16H23N5O4S/c1-11-15(12(2)25-18-11)16(22)20-6-5-7-21(9-8-20)26(23,24)14-10-19(4)13(3)17-14/h10H,5-9H2,1-4H3. The molecule has 1 aliphatic rings. The van der Waals surface area contributed by atoms with Crippen LogP contribution in [-0.4, -0.2) is 64.4 Å². The Morgan fingerprint density at radius 2 is 1.88 bits per heavy atom. The number of hydrogen-bond donors (Lipinski definition) is 0. The van der Waals surface area contributed by atoms with Crippen LogP contribution < -0.4 is 0 Å². The summed E-state index contributed by atoms with van der Waals surface area (Å²) in [6.07, 6.45) is 2.07. The van der Waals surface area contributed by atoms with Gasteiger partial charge in [0.1, 0.15) is 17.1 Å². The molecule has 0 N–H and O–H groups in total. The summed E-state index contributed by atoms with van der Waals surface area (Å²) < 4.78 is 33.8. The van der Waals surface area contributed by atoms with Crippen molar-refractivity contribution in [1.29, 1.82) is 0 Å². The zero-order chi connectivity index (χ0) is 19.1. The molecule has 0 spiro atoms. The van der Waals surface area contributed by atoms with Crippen LogP contribution in [-0.2, 0) is 17.1 Å². The third-order valence-electron chi connectivity index (χ3n) is 4.68. The molecular formula is C16H23N5O4S. The molecule has 1 amide bonds. The lowest BCUT2D eigenvalue weighted by Crippen LogP contribution is -2.37. The van der Waals surface area contributed by atoms with Crippen molar-refractivity contribution in [2.45, 2.75) is 32.2 Å². The van der Waals surface area contributed by atoms with Crippen LogP contribution in [0.5, 0.6) is 0 Å². The Morgan fingerprint density at radius 1 is 1.15 bits per heavy atom. The van der Waals surface area contributed by atoms with Crippen LogP contribution in [0.15, 0.2) is 15.7 Å². The lowest BCUT2D eigenvalue weighted by molar-refractivity contribution is 0.0762. The highest BCUT2D eigenvalue weighted by atomic mass is 32.2. The van der Waals surface area contributed by atoms with E-state index in [4.69, 9.17) is 4.52 Å². The van der Waals surface area contributed by atoms with Crippen molar-refractivity contribution in [2.24, 2.45) is 7.05 Å². The van der Waals surface area contributed by atoms with Crippen LogP contribution in [0.2, 0.25) is 0 Å². The molecule has 0 bridgehead atoms. The minimum Gasteiger partial charge on any atom is -0.361 e. The lowest BCUT2D eigenvalue weighted by atomic mass is 10.1. The number of imidazole rings is 1. The van der Waals surface area contributed by atoms with Crippen molar-refractivity contribution >= 4 is 15.9 Å². The summed E-state index contributed by atoms with van der Waals surface area (Å²) in [6, 6.07) is 0. The second-order valence-corrected chi connectivity index (χ2v) is 8.37. The fourth-order valence-corrected chi connectivity index (χ4v) is 4.56. The van der Waals surface area contributed by atoms with Gasteiger partial charge in [0.15, 0.2) is 5.03 Å². The number of aromatic nitrogens is 3. The van der Waals surface area contributed by atoms with Crippen molar-refractivity contribution in [3.63, 3.8) is 0 Å². The average molecular weight is 381 g/mol. The van der Waals surface area contributed by atoms with Gasteiger partial charge in [0.05, 0.1) is 5.69 Å². The number of rotatable bonds is 3. The molecule has 1 aliphatic heterocycles. The van der Waals surface area contributed by atoms with Gasteiger partial charge in [-0.25, -0.2) is 13.4 Å². The highest BCUT2D eigenvalue weighted by molar-refractivity contribution is 7.89. The van der Waals surface area contributed by atoms with Crippen molar-refractivity contribution in [1.82, 2.24) is 23.9 Å². The molecule has 0 radical (unpaired) electrons. The summed E-state index contributed by atoms with van der Waals surface area (Å²) >= 11 is 0. The molecule has 3 rings (SSSR count). The maximum absolute atomic E-state index is 12.8. The molecule has 0 saturated carbocycles. The van der Waals surface area contributed by atoms with E-state index in [0.717, 1.165) is 0 Å². The Labute approximate surface area is 152 Å². The van der Waals surface area contributed by atoms with E-state index in [1.54, 1.807) is 37.3 Å². The number of aryl methyl sites for hydroxylation is 4. The average Bonchev–Trinajstić information content (AvgIpc) is 2.98. The first-order chi connectivity index (χ1) is 12.2. The quantitative estimate of drug-likeness (QED) is 0.782. The summed E-state index contributed by atoms with van der Waals surface area (Å²) in [4.78, 5) is 18.6. The molecule has 0 aromatic carbocycles. The van der Waals surface area contributed by atoms with Gasteiger partial charge in [-0.05, 0) is 27.2 Å². The molecule has 2 aromatic rings. The fraction of sp³-hybridized carbons (Fsp3) is 0.562. The van der Waals surface area contributed by atoms with Gasteiger partial charge >= 0.3 is 0 Å². The van der Waals surface area contributed by atoms with E-state index < -0.39 is 10.0 Å². The highest BCUT2D eigenvalue weighted by Gasteiger charge is 2.31. The van der Waals surface area contributed by atoms with Gasteiger partial charge in [-0.2, -0.15) is 4.31 Å². The number of amides is 1. The number of carbonyl (C=O) groups excluding carboxylic acids is 1. The molecule has 26 heavy (non-hydrogen) atoms. The molecular weight excluding hydrogens is 358 g/mol. The minimum atomic E-state index is -3.67. The maximum atomic E-state index is 12.8. The monoisotopic (exact) mass is 381 g/mol. The molecule has 3 heterocycles. The molecule has 9 nitrogen and oxygen atoms in total. The molecule has 1 fully saturated rings. The fourth-order valence-electron chi connectivity index (χ4n) is 3.07. The molecule has 1 saturated heterocycles. The predicted molar refractivity (Wildman–Crippen MR) is 93.2 cm³/mol. The Hall–Kier alpha value is -2.20. The Bertz CT molecular complexity index is 892. The lowest BCUT2D eigenvalue weighted by Gasteiger charge is -2.21. The van der Waals surface area contributed by atoms with E-state index in [9.17, 15) is 13.2 Å². The topological polar surface area (TPSA) is 102 Å². The van der Waals surface area contributed by atoms with Crippen LogP contribution in [0.4, 0.5) is 0 Å². The van der Waals surface area contributed by atoms with Gasteiger partial charge in [-0.1, -0.05) is 5.16 Å². The van der Waals surface area contributed by atoms with Gasteiger partial charge < -0.3 is 14.0 Å². The first-order valence-electron chi connectivity index (χ1n) is 8.44. The normalized spacial score (nSPS) is 16.7. The van der Waals surface area contributed by atoms with Crippen molar-refractivity contribution < 1.29 is 17.7 Å². The largest absolute Gasteiger partial charge is 0.361 e. The molecule has 10 heteroatoms. The molecule has 0 unspecified atom stereocenters. The molecule has 0 atom stereocenters. The van der Waals surface area contributed by atoms with Gasteiger partial charge in [0.25, 0.3) is 15.9 Å². The van der Waals surface area contributed by atoms with Crippen LogP contribution >= 0.6 is 0 Å². The summed E-state index contributed by atoms with van der Waals surface area (Å²) in [6.45, 7) is 6.55. The van der Waals surface area contributed by atoms with Gasteiger partial charge in [-0.3, -0.25) is 4.79 Å². The van der Waals surface area contributed by atoms with Gasteiger partial charge in [0, 0.05) is 39.4 Å². The number of carbonyl (C=O) groups is 1. The first kappa shape index (κ1) is 18.6. The molecule has 142 valence electrons. The van der Waals surface area contributed by atoms with Crippen molar-refractivity contribution in [2.75, 3.05) is 26.2 Å². The van der Waals surface area contributed by atoms with Crippen LogP contribution in [0.1, 0.15) is 34.1 Å². The van der Waals surface area contributed by atoms with E-state index in [-0.39, 0.29) is 17.5 Å². The molecule has 2 aromatic heterocycles. The van der Waals surface area contributed by atoms with Crippen molar-refractivity contribution in [3.8, 4) is 0 Å². The minimum absolute atomic E-state index is 0.0444. The summed E-state index contributed by atoms with van der Waals surface area (Å²) in [5, 5.41) is 3.86. The first-order valence-corrected chi connectivity index (χ1v) is 9.88. The summed E-state index contributed by atoms with van der Waals surface area (Å²) in [5.41, 5.74) is 1.01. The Balaban J connectivity index is 1.77. The van der Waals surface area contributed by atoms with E-state index in [2.05, 4.69) is 10.1 Å². The van der Waals surface area contributed by atoms with Crippen LogP contribution in [0.25, 0.3) is 0 Å². The summed E-state index contributed by atoms with van der Waals surface area (Å²) in [5.74, 6) is 0.938. The highest BCUT2D eigenvalue weighted by Crippen LogP contribution is 2.20. The second-order valence-electron chi connectivity index (χ2n) is 6.49. The SMILES string of the molecule is Cc1noc(C)c1C(=O)N1CCCN(S(=O)(=O)c2cn(C)c(C)n2)CC1. The third-order valence-corrected chi connectivity index (χ3v) is 6.45. The Kier molecular flexibility index (Phi) is 4.89. The van der Waals surface area contributed by atoms with E-state index in [1.165, 1.54) is 10.5 Å². The number of sulfonamides is 1. The smallest absolute Gasteiger partial charge is 0.262 e. The van der Waals surface area contributed by atoms with E-state index >= 15 is 0 Å². The number of nitrogens with zero attached hydrogens (tertiary/aromatic N) is 5. The van der Waals surface area contributed by atoms with Gasteiger partial charge in [-0.15, -0.1) is 0 Å². The Morgan fingerprint density at radius 3 is 2.46 bits per heavy atom. The molecule has 0 aliphatic carbocycles. The van der Waals surface area contributed by atoms with Crippen LogP contribution in [0.3, 0.4) is 0 Å². The zero-order valence-corrected chi connectivity index (χ0v) is 16.2. The van der Waals surface area contributed by atoms with Crippen molar-refractivity contribution in [3.05, 3.63) is 29.0 Å². The maximum Gasteiger partial charge on any atom is 0.262 e.